The third-order valence-electron chi connectivity index (χ3n) is 13.6. The SMILES string of the molecule is COC(=O)c1ccc(CC2CCN(Cc3ccc([C@H]4COc5ccccc5O4)cc3)CC2)cc1.O=C(O)c1ccc(CC2CCN(Cc3ccc([C@H]4COc5ccccc5O4)cc3)CC2)cc1. The quantitative estimate of drug-likeness (QED) is 0.119. The number of piperidine rings is 2. The van der Waals surface area contributed by atoms with Gasteiger partial charge in [0.1, 0.15) is 13.2 Å². The van der Waals surface area contributed by atoms with Crippen LogP contribution in [0, 0.1) is 11.8 Å². The summed E-state index contributed by atoms with van der Waals surface area (Å²) in [6, 6.07) is 48.3. The summed E-state index contributed by atoms with van der Waals surface area (Å²) in [7, 11) is 1.41. The fourth-order valence-corrected chi connectivity index (χ4v) is 9.60. The maximum atomic E-state index is 11.6. The van der Waals surface area contributed by atoms with Crippen LogP contribution in [0.15, 0.2) is 146 Å². The highest BCUT2D eigenvalue weighted by Crippen LogP contribution is 2.37. The van der Waals surface area contributed by atoms with E-state index < -0.39 is 5.97 Å². The molecule has 0 unspecified atom stereocenters. The van der Waals surface area contributed by atoms with Gasteiger partial charge in [0.25, 0.3) is 0 Å². The summed E-state index contributed by atoms with van der Waals surface area (Å²) in [4.78, 5) is 27.7. The molecule has 0 amide bonds. The molecular formula is C57H60N2O8. The number of hydrogen-bond acceptors (Lipinski definition) is 9. The molecule has 0 saturated carbocycles. The largest absolute Gasteiger partial charge is 0.485 e. The van der Waals surface area contributed by atoms with Gasteiger partial charge < -0.3 is 28.8 Å². The number of carbonyl (C=O) groups is 2. The number of rotatable bonds is 12. The first-order valence-electron chi connectivity index (χ1n) is 23.7. The third kappa shape index (κ3) is 12.0. The molecule has 10 nitrogen and oxygen atoms in total. The Morgan fingerprint density at radius 2 is 0.881 bits per heavy atom. The Labute approximate surface area is 394 Å². The van der Waals surface area contributed by atoms with Crippen LogP contribution in [0.3, 0.4) is 0 Å². The lowest BCUT2D eigenvalue weighted by Gasteiger charge is -2.32. The number of aromatic carboxylic acids is 1. The van der Waals surface area contributed by atoms with Crippen LogP contribution in [-0.4, -0.2) is 73.3 Å². The van der Waals surface area contributed by atoms with Gasteiger partial charge in [-0.2, -0.15) is 0 Å². The third-order valence-corrected chi connectivity index (χ3v) is 13.6. The van der Waals surface area contributed by atoms with Crippen molar-refractivity contribution in [1.29, 1.82) is 0 Å². The highest BCUT2D eigenvalue weighted by molar-refractivity contribution is 5.89. The van der Waals surface area contributed by atoms with Crippen LogP contribution in [0.2, 0.25) is 0 Å². The molecule has 67 heavy (non-hydrogen) atoms. The van der Waals surface area contributed by atoms with Crippen molar-refractivity contribution in [1.82, 2.24) is 9.80 Å². The molecule has 6 aromatic rings. The van der Waals surface area contributed by atoms with Gasteiger partial charge in [-0.3, -0.25) is 9.80 Å². The van der Waals surface area contributed by atoms with Gasteiger partial charge >= 0.3 is 11.9 Å². The first kappa shape index (κ1) is 45.5. The molecule has 1 N–H and O–H groups in total. The molecule has 2 fully saturated rings. The number of nitrogens with zero attached hydrogens (tertiary/aromatic N) is 2. The second-order valence-corrected chi connectivity index (χ2v) is 18.2. The molecule has 0 bridgehead atoms. The number of benzene rings is 6. The Bertz CT molecular complexity index is 2550. The number of methoxy groups -OCH3 is 1. The van der Waals surface area contributed by atoms with E-state index in [1.807, 2.05) is 72.8 Å². The van der Waals surface area contributed by atoms with Crippen LogP contribution in [-0.2, 0) is 30.7 Å². The van der Waals surface area contributed by atoms with Crippen molar-refractivity contribution in [3.05, 3.63) is 190 Å². The molecule has 4 heterocycles. The van der Waals surface area contributed by atoms with Crippen molar-refractivity contribution in [3.8, 4) is 23.0 Å². The molecule has 0 aliphatic carbocycles. The number of fused-ring (bicyclic) bond motifs is 2. The first-order chi connectivity index (χ1) is 32.8. The molecule has 0 radical (unpaired) electrons. The summed E-state index contributed by atoms with van der Waals surface area (Å²) in [5.41, 5.74) is 8.42. The van der Waals surface area contributed by atoms with E-state index in [1.165, 1.54) is 55.0 Å². The average Bonchev–Trinajstić information content (AvgIpc) is 3.38. The number of ether oxygens (including phenoxy) is 5. The van der Waals surface area contributed by atoms with E-state index in [9.17, 15) is 9.59 Å². The lowest BCUT2D eigenvalue weighted by Crippen LogP contribution is -2.33. The predicted octanol–water partition coefficient (Wildman–Crippen LogP) is 10.8. The van der Waals surface area contributed by atoms with Crippen molar-refractivity contribution in [2.75, 3.05) is 46.5 Å². The topological polar surface area (TPSA) is 107 Å². The first-order valence-corrected chi connectivity index (χ1v) is 23.7. The Morgan fingerprint density at radius 1 is 0.507 bits per heavy atom. The number of carboxylic acid groups (broad SMARTS) is 1. The van der Waals surface area contributed by atoms with Crippen molar-refractivity contribution in [2.24, 2.45) is 11.8 Å². The van der Waals surface area contributed by atoms with Crippen LogP contribution < -0.4 is 18.9 Å². The van der Waals surface area contributed by atoms with Gasteiger partial charge in [-0.1, -0.05) is 97.1 Å². The van der Waals surface area contributed by atoms with E-state index in [0.29, 0.717) is 36.2 Å². The average molecular weight is 901 g/mol. The Kier molecular flexibility index (Phi) is 14.8. The Balaban J connectivity index is 0.000000168. The standard InChI is InChI=1S/C29H31NO4.C28H29NO4/c1-32-29(31)25-12-6-21(7-13-25)18-22-14-16-30(17-15-22)19-23-8-10-24(11-9-23)28-20-33-26-4-2-3-5-27(26)34-28;30-28(31)24-11-5-20(6-12-24)17-21-13-15-29(16-14-21)18-22-7-9-23(10-8-22)27-19-32-25-3-1-2-4-26(25)33-27/h2-13,22,28H,14-20H2,1H3;1-12,21,27H,13-19H2,(H,30,31)/t28-;27-/m11/s1. The molecule has 6 aromatic carbocycles. The van der Waals surface area contributed by atoms with E-state index in [1.54, 1.807) is 12.1 Å². The summed E-state index contributed by atoms with van der Waals surface area (Å²) in [6.45, 7) is 7.42. The summed E-state index contributed by atoms with van der Waals surface area (Å²) < 4.78 is 28.8. The van der Waals surface area contributed by atoms with Gasteiger partial charge in [-0.25, -0.2) is 9.59 Å². The summed E-state index contributed by atoms with van der Waals surface area (Å²) >= 11 is 0. The van der Waals surface area contributed by atoms with Crippen LogP contribution in [0.4, 0.5) is 0 Å². The maximum Gasteiger partial charge on any atom is 0.337 e. The number of likely N-dealkylation sites (tertiary alicyclic amines) is 2. The molecular weight excluding hydrogens is 841 g/mol. The highest BCUT2D eigenvalue weighted by Gasteiger charge is 2.25. The fraction of sp³-hybridized carbons (Fsp3) is 0.333. The minimum Gasteiger partial charge on any atom is -0.485 e. The second kappa shape index (κ2) is 21.8. The summed E-state index contributed by atoms with van der Waals surface area (Å²) in [5.74, 6) is 3.44. The van der Waals surface area contributed by atoms with Crippen LogP contribution in [0.25, 0.3) is 0 Å². The van der Waals surface area contributed by atoms with Crippen molar-refractivity contribution < 1.29 is 38.4 Å². The molecule has 0 spiro atoms. The van der Waals surface area contributed by atoms with Gasteiger partial charge in [-0.05, 0) is 158 Å². The zero-order valence-corrected chi connectivity index (χ0v) is 38.3. The Hall–Kier alpha value is -6.62. The van der Waals surface area contributed by atoms with E-state index in [0.717, 1.165) is 86.2 Å². The molecule has 4 aliphatic rings. The zero-order valence-electron chi connectivity index (χ0n) is 38.3. The van der Waals surface area contributed by atoms with E-state index in [4.69, 9.17) is 28.8 Å². The smallest absolute Gasteiger partial charge is 0.337 e. The molecule has 10 heteroatoms. The molecule has 2 saturated heterocycles. The monoisotopic (exact) mass is 900 g/mol. The minimum absolute atomic E-state index is 0.0682. The number of para-hydroxylation sites is 4. The molecule has 0 aromatic heterocycles. The van der Waals surface area contributed by atoms with Crippen LogP contribution in [0.1, 0.15) is 92.0 Å². The van der Waals surface area contributed by atoms with Crippen LogP contribution >= 0.6 is 0 Å². The number of carboxylic acids is 1. The molecule has 2 atom stereocenters. The highest BCUT2D eigenvalue weighted by atomic mass is 16.6. The van der Waals surface area contributed by atoms with Gasteiger partial charge in [0.05, 0.1) is 18.2 Å². The zero-order chi connectivity index (χ0) is 46.0. The molecule has 346 valence electrons. The maximum absolute atomic E-state index is 11.6. The predicted molar refractivity (Wildman–Crippen MR) is 258 cm³/mol. The van der Waals surface area contributed by atoms with Crippen molar-refractivity contribution >= 4 is 11.9 Å². The number of hydrogen-bond donors (Lipinski definition) is 1. The summed E-state index contributed by atoms with van der Waals surface area (Å²) in [5, 5.41) is 9.05. The Morgan fingerprint density at radius 3 is 1.27 bits per heavy atom. The van der Waals surface area contributed by atoms with Gasteiger partial charge in [0.2, 0.25) is 0 Å². The van der Waals surface area contributed by atoms with Gasteiger partial charge in [0.15, 0.2) is 35.2 Å². The number of carbonyl (C=O) groups excluding carboxylic acids is 1. The van der Waals surface area contributed by atoms with E-state index in [2.05, 4.69) is 70.5 Å². The van der Waals surface area contributed by atoms with Gasteiger partial charge in [-0.15, -0.1) is 0 Å². The normalized spacial score (nSPS) is 18.6. The fourth-order valence-electron chi connectivity index (χ4n) is 9.60. The molecule has 4 aliphatic heterocycles. The van der Waals surface area contributed by atoms with Crippen molar-refractivity contribution in [2.45, 2.75) is 63.8 Å². The van der Waals surface area contributed by atoms with E-state index >= 15 is 0 Å². The lowest BCUT2D eigenvalue weighted by molar-refractivity contribution is 0.0599. The number of esters is 1. The lowest BCUT2D eigenvalue weighted by atomic mass is 9.89. The van der Waals surface area contributed by atoms with Gasteiger partial charge in [0, 0.05) is 13.1 Å². The molecule has 10 rings (SSSR count). The second-order valence-electron chi connectivity index (χ2n) is 18.2. The van der Waals surface area contributed by atoms with Crippen molar-refractivity contribution in [3.63, 3.8) is 0 Å². The van der Waals surface area contributed by atoms with E-state index in [-0.39, 0.29) is 18.2 Å². The minimum atomic E-state index is -0.868. The van der Waals surface area contributed by atoms with Crippen LogP contribution in [0.5, 0.6) is 23.0 Å². The summed E-state index contributed by atoms with van der Waals surface area (Å²) in [6.07, 6.45) is 6.69.